The summed E-state index contributed by atoms with van der Waals surface area (Å²) in [6, 6.07) is 19.3. The van der Waals surface area contributed by atoms with Crippen molar-refractivity contribution in [2.45, 2.75) is 12.1 Å². The first-order chi connectivity index (χ1) is 18.2. The highest BCUT2D eigenvalue weighted by molar-refractivity contribution is 5.85. The molecule has 0 unspecified atom stereocenters. The second kappa shape index (κ2) is 9.09. The molecular formula is C28H26N4O5. The molecule has 1 aromatic heterocycles. The van der Waals surface area contributed by atoms with Gasteiger partial charge in [0.1, 0.15) is 23.9 Å². The molecule has 188 valence electrons. The van der Waals surface area contributed by atoms with Crippen molar-refractivity contribution in [3.63, 3.8) is 0 Å². The van der Waals surface area contributed by atoms with Crippen LogP contribution >= 0.6 is 0 Å². The van der Waals surface area contributed by atoms with Crippen molar-refractivity contribution in [2.75, 3.05) is 33.8 Å². The van der Waals surface area contributed by atoms with Crippen molar-refractivity contribution >= 4 is 11.6 Å². The fraction of sp³-hybridized carbons (Fsp3) is 0.214. The lowest BCUT2D eigenvalue weighted by Gasteiger charge is -2.39. The quantitative estimate of drug-likeness (QED) is 0.403. The minimum Gasteiger partial charge on any atom is -0.496 e. The topological polar surface area (TPSA) is 88.9 Å². The van der Waals surface area contributed by atoms with Gasteiger partial charge in [0, 0.05) is 22.3 Å². The van der Waals surface area contributed by atoms with Gasteiger partial charge in [0.05, 0.1) is 34.1 Å². The number of nitrogens with one attached hydrogen (secondary N) is 1. The lowest BCUT2D eigenvalue weighted by Crippen LogP contribution is -2.32. The Bertz CT molecular complexity index is 1510. The predicted molar refractivity (Wildman–Crippen MR) is 138 cm³/mol. The summed E-state index contributed by atoms with van der Waals surface area (Å²) in [5.41, 5.74) is 4.49. The first-order valence-electron chi connectivity index (χ1n) is 11.8. The summed E-state index contributed by atoms with van der Waals surface area (Å²) in [6.07, 6.45) is 0.988. The Hall–Kier alpha value is -4.66. The van der Waals surface area contributed by atoms with Crippen LogP contribution in [0.2, 0.25) is 0 Å². The van der Waals surface area contributed by atoms with Crippen LogP contribution in [-0.4, -0.2) is 43.2 Å². The molecule has 37 heavy (non-hydrogen) atoms. The van der Waals surface area contributed by atoms with Gasteiger partial charge < -0.3 is 29.0 Å². The zero-order valence-electron chi connectivity index (χ0n) is 20.9. The van der Waals surface area contributed by atoms with E-state index in [0.717, 1.165) is 39.5 Å². The standard InChI is InChI=1S/C28H26N4O5/c1-33-19-11-7-6-10-17(19)24-22-23(31-28-29-15-30-32(24)28)16-9-5-8-12-20(16)37-25(22)18-13-14-21(34-2)27(36-4)26(18)35-3/h5-15,24-25H,1-4H3,(H,29,30,31)/t24-,25-/m1/s1. The van der Waals surface area contributed by atoms with Crippen molar-refractivity contribution in [1.29, 1.82) is 0 Å². The summed E-state index contributed by atoms with van der Waals surface area (Å²) in [5, 5.41) is 8.10. The molecule has 0 bridgehead atoms. The molecule has 0 aliphatic carbocycles. The summed E-state index contributed by atoms with van der Waals surface area (Å²) in [7, 11) is 6.46. The molecule has 9 nitrogen and oxygen atoms in total. The highest BCUT2D eigenvalue weighted by Crippen LogP contribution is 2.54. The molecule has 9 heteroatoms. The zero-order valence-corrected chi connectivity index (χ0v) is 20.9. The largest absolute Gasteiger partial charge is 0.496 e. The minimum atomic E-state index is -0.556. The normalized spacial score (nSPS) is 17.5. The van der Waals surface area contributed by atoms with Crippen LogP contribution in [-0.2, 0) is 0 Å². The Balaban J connectivity index is 1.66. The molecule has 6 rings (SSSR count). The smallest absolute Gasteiger partial charge is 0.226 e. The van der Waals surface area contributed by atoms with Crippen LogP contribution in [0.1, 0.15) is 28.8 Å². The SMILES string of the molecule is COc1ccccc1[C@@H]1C2=C(Nc3ncnn31)c1ccccc1O[C@@H]2c1ccc(OC)c(OC)c1OC. The number of benzene rings is 3. The van der Waals surface area contributed by atoms with E-state index >= 15 is 0 Å². The third kappa shape index (κ3) is 3.46. The Kier molecular flexibility index (Phi) is 5.60. The third-order valence-corrected chi connectivity index (χ3v) is 6.77. The molecule has 0 saturated heterocycles. The van der Waals surface area contributed by atoms with Crippen molar-refractivity contribution < 1.29 is 23.7 Å². The van der Waals surface area contributed by atoms with E-state index in [1.54, 1.807) is 34.8 Å². The van der Waals surface area contributed by atoms with Crippen LogP contribution < -0.4 is 29.0 Å². The number of hydrogen-bond donors (Lipinski definition) is 1. The van der Waals surface area contributed by atoms with E-state index in [2.05, 4.69) is 15.4 Å². The van der Waals surface area contributed by atoms with E-state index in [0.29, 0.717) is 23.2 Å². The van der Waals surface area contributed by atoms with E-state index in [1.165, 1.54) is 0 Å². The molecule has 2 atom stereocenters. The molecule has 0 fully saturated rings. The highest BCUT2D eigenvalue weighted by atomic mass is 16.5. The number of para-hydroxylation sites is 2. The molecule has 0 radical (unpaired) electrons. The van der Waals surface area contributed by atoms with Gasteiger partial charge in [-0.25, -0.2) is 4.68 Å². The van der Waals surface area contributed by atoms with E-state index in [-0.39, 0.29) is 6.04 Å². The number of ether oxygens (including phenoxy) is 5. The van der Waals surface area contributed by atoms with Crippen LogP contribution in [0.3, 0.4) is 0 Å². The molecule has 2 aliphatic rings. The first-order valence-corrected chi connectivity index (χ1v) is 11.8. The van der Waals surface area contributed by atoms with Gasteiger partial charge in [-0.05, 0) is 30.3 Å². The summed E-state index contributed by atoms with van der Waals surface area (Å²) < 4.78 is 31.5. The zero-order chi connectivity index (χ0) is 25.5. The van der Waals surface area contributed by atoms with E-state index in [1.807, 2.05) is 65.3 Å². The molecule has 4 aromatic rings. The molecular weight excluding hydrogens is 472 g/mol. The third-order valence-electron chi connectivity index (χ3n) is 6.77. The van der Waals surface area contributed by atoms with Crippen LogP contribution in [0.4, 0.5) is 5.95 Å². The maximum atomic E-state index is 6.74. The number of nitrogens with zero attached hydrogens (tertiary/aromatic N) is 3. The molecule has 3 heterocycles. The van der Waals surface area contributed by atoms with Gasteiger partial charge in [0.2, 0.25) is 11.7 Å². The van der Waals surface area contributed by atoms with Crippen LogP contribution in [0.25, 0.3) is 5.70 Å². The molecule has 3 aromatic carbocycles. The fourth-order valence-electron chi connectivity index (χ4n) is 5.20. The number of methoxy groups -OCH3 is 4. The lowest BCUT2D eigenvalue weighted by molar-refractivity contribution is 0.214. The van der Waals surface area contributed by atoms with Crippen molar-refractivity contribution in [3.8, 4) is 28.7 Å². The number of fused-ring (bicyclic) bond motifs is 3. The maximum absolute atomic E-state index is 6.74. The average Bonchev–Trinajstić information content (AvgIpc) is 3.43. The van der Waals surface area contributed by atoms with Crippen molar-refractivity contribution in [1.82, 2.24) is 14.8 Å². The predicted octanol–water partition coefficient (Wildman–Crippen LogP) is 4.87. The van der Waals surface area contributed by atoms with Gasteiger partial charge >= 0.3 is 0 Å². The van der Waals surface area contributed by atoms with E-state index in [9.17, 15) is 0 Å². The highest BCUT2D eigenvalue weighted by Gasteiger charge is 2.43. The molecule has 2 aliphatic heterocycles. The lowest BCUT2D eigenvalue weighted by atomic mass is 9.84. The summed E-state index contributed by atoms with van der Waals surface area (Å²) in [4.78, 5) is 4.50. The van der Waals surface area contributed by atoms with Gasteiger partial charge in [-0.1, -0.05) is 30.3 Å². The Morgan fingerprint density at radius 2 is 1.54 bits per heavy atom. The van der Waals surface area contributed by atoms with Gasteiger partial charge in [0.15, 0.2) is 17.6 Å². The molecule has 0 amide bonds. The monoisotopic (exact) mass is 498 g/mol. The van der Waals surface area contributed by atoms with Crippen molar-refractivity contribution in [3.05, 3.63) is 89.3 Å². The van der Waals surface area contributed by atoms with E-state index < -0.39 is 6.10 Å². The number of aromatic nitrogens is 3. The minimum absolute atomic E-state index is 0.374. The number of hydrogen-bond acceptors (Lipinski definition) is 8. The van der Waals surface area contributed by atoms with Crippen LogP contribution in [0, 0.1) is 0 Å². The van der Waals surface area contributed by atoms with Crippen LogP contribution in [0.15, 0.2) is 72.6 Å². The van der Waals surface area contributed by atoms with Gasteiger partial charge in [-0.3, -0.25) is 0 Å². The van der Waals surface area contributed by atoms with Crippen LogP contribution in [0.5, 0.6) is 28.7 Å². The Labute approximate surface area is 214 Å². The average molecular weight is 499 g/mol. The van der Waals surface area contributed by atoms with Gasteiger partial charge in [-0.2, -0.15) is 10.1 Å². The molecule has 1 N–H and O–H groups in total. The summed E-state index contributed by atoms with van der Waals surface area (Å²) >= 11 is 0. The summed E-state index contributed by atoms with van der Waals surface area (Å²) in [5.74, 6) is 3.69. The molecule has 0 saturated carbocycles. The Morgan fingerprint density at radius 3 is 2.32 bits per heavy atom. The first kappa shape index (κ1) is 22.8. The molecule has 0 spiro atoms. The van der Waals surface area contributed by atoms with Gasteiger partial charge in [-0.15, -0.1) is 0 Å². The fourth-order valence-corrected chi connectivity index (χ4v) is 5.20. The maximum Gasteiger partial charge on any atom is 0.226 e. The van der Waals surface area contributed by atoms with E-state index in [4.69, 9.17) is 23.7 Å². The number of anilines is 1. The second-order valence-corrected chi connectivity index (χ2v) is 8.55. The second-order valence-electron chi connectivity index (χ2n) is 8.55. The van der Waals surface area contributed by atoms with Crippen molar-refractivity contribution in [2.24, 2.45) is 0 Å². The summed E-state index contributed by atoms with van der Waals surface area (Å²) in [6.45, 7) is 0. The Morgan fingerprint density at radius 1 is 0.784 bits per heavy atom. The number of rotatable bonds is 6. The van der Waals surface area contributed by atoms with Gasteiger partial charge in [0.25, 0.3) is 0 Å².